The van der Waals surface area contributed by atoms with Crippen molar-refractivity contribution in [3.05, 3.63) is 41.0 Å². The van der Waals surface area contributed by atoms with E-state index >= 15 is 0 Å². The molecule has 2 aromatic heterocycles. The topological polar surface area (TPSA) is 87.7 Å². The van der Waals surface area contributed by atoms with Crippen molar-refractivity contribution < 1.29 is 9.59 Å². The van der Waals surface area contributed by atoms with E-state index in [1.807, 2.05) is 18.2 Å². The predicted molar refractivity (Wildman–Crippen MR) is 89.8 cm³/mol. The summed E-state index contributed by atoms with van der Waals surface area (Å²) in [5, 5.41) is 12.4. The number of aromatic amines is 1. The van der Waals surface area contributed by atoms with Crippen LogP contribution in [0.15, 0.2) is 30.5 Å². The number of Topliss-reactive ketones (excluding diaryl/α,β-unsaturated/α-hetero) is 1. The van der Waals surface area contributed by atoms with Crippen molar-refractivity contribution in [1.29, 1.82) is 0 Å². The Morgan fingerprint density at radius 3 is 2.91 bits per heavy atom. The van der Waals surface area contributed by atoms with Crippen molar-refractivity contribution >= 4 is 39.1 Å². The van der Waals surface area contributed by atoms with Gasteiger partial charge in [-0.05, 0) is 12.5 Å². The normalized spacial score (nSPS) is 10.8. The first-order valence-electron chi connectivity index (χ1n) is 7.43. The molecule has 0 spiro atoms. The quantitative estimate of drug-likeness (QED) is 0.537. The Kier molecular flexibility index (Phi) is 4.47. The van der Waals surface area contributed by atoms with Gasteiger partial charge in [0.2, 0.25) is 5.13 Å². The summed E-state index contributed by atoms with van der Waals surface area (Å²) < 4.78 is 0. The van der Waals surface area contributed by atoms with Crippen LogP contribution in [0.2, 0.25) is 0 Å². The second kappa shape index (κ2) is 6.70. The van der Waals surface area contributed by atoms with Crippen LogP contribution in [0.3, 0.4) is 0 Å². The van der Waals surface area contributed by atoms with Crippen molar-refractivity contribution in [3.8, 4) is 0 Å². The van der Waals surface area contributed by atoms with Crippen LogP contribution in [0.5, 0.6) is 0 Å². The standard InChI is InChI=1S/C16H16N4O2S/c1-2-3-8-13-19-20-16(23-13)18-15(22)14(21)11-9-17-12-7-5-4-6-10(11)12/h4-7,9,17H,2-3,8H2,1H3,(H,18,20,22). The fourth-order valence-corrected chi connectivity index (χ4v) is 3.05. The minimum Gasteiger partial charge on any atom is -0.360 e. The number of nitrogens with one attached hydrogen (secondary N) is 2. The number of fused-ring (bicyclic) bond motifs is 1. The van der Waals surface area contributed by atoms with Gasteiger partial charge in [0.15, 0.2) is 0 Å². The maximum atomic E-state index is 12.3. The zero-order valence-electron chi connectivity index (χ0n) is 12.6. The molecule has 0 aliphatic rings. The van der Waals surface area contributed by atoms with E-state index in [-0.39, 0.29) is 0 Å². The van der Waals surface area contributed by atoms with Gasteiger partial charge in [0.25, 0.3) is 11.7 Å². The number of carbonyl (C=O) groups excluding carboxylic acids is 2. The SMILES string of the molecule is CCCCc1nnc(NC(=O)C(=O)c2c[nH]c3ccccc23)s1. The average molecular weight is 328 g/mol. The molecule has 0 unspecified atom stereocenters. The van der Waals surface area contributed by atoms with Gasteiger partial charge < -0.3 is 4.98 Å². The molecule has 0 aliphatic carbocycles. The van der Waals surface area contributed by atoms with Crippen molar-refractivity contribution in [2.45, 2.75) is 26.2 Å². The molecule has 1 amide bonds. The molecule has 2 heterocycles. The molecule has 0 saturated carbocycles. The molecule has 7 heteroatoms. The van der Waals surface area contributed by atoms with Crippen LogP contribution in [0.1, 0.15) is 35.1 Å². The van der Waals surface area contributed by atoms with Gasteiger partial charge in [-0.3, -0.25) is 14.9 Å². The summed E-state index contributed by atoms with van der Waals surface area (Å²) in [6, 6.07) is 7.36. The van der Waals surface area contributed by atoms with E-state index in [1.165, 1.54) is 11.3 Å². The summed E-state index contributed by atoms with van der Waals surface area (Å²) in [6.07, 6.45) is 4.48. The van der Waals surface area contributed by atoms with Crippen molar-refractivity contribution in [2.24, 2.45) is 0 Å². The van der Waals surface area contributed by atoms with E-state index < -0.39 is 11.7 Å². The second-order valence-corrected chi connectivity index (χ2v) is 6.20. The average Bonchev–Trinajstić information content (AvgIpc) is 3.18. The summed E-state index contributed by atoms with van der Waals surface area (Å²) in [5.74, 6) is -1.29. The van der Waals surface area contributed by atoms with Gasteiger partial charge >= 0.3 is 0 Å². The number of aromatic nitrogens is 3. The third-order valence-corrected chi connectivity index (χ3v) is 4.37. The number of para-hydroxylation sites is 1. The molecule has 0 saturated heterocycles. The van der Waals surface area contributed by atoms with Crippen LogP contribution in [0, 0.1) is 0 Å². The molecule has 6 nitrogen and oxygen atoms in total. The van der Waals surface area contributed by atoms with E-state index in [2.05, 4.69) is 27.4 Å². The lowest BCUT2D eigenvalue weighted by molar-refractivity contribution is -0.112. The summed E-state index contributed by atoms with van der Waals surface area (Å²) in [6.45, 7) is 2.10. The number of carbonyl (C=O) groups is 2. The molecule has 0 aliphatic heterocycles. The molecular weight excluding hydrogens is 312 g/mol. The summed E-state index contributed by atoms with van der Waals surface area (Å²) in [7, 11) is 0. The fourth-order valence-electron chi connectivity index (χ4n) is 2.27. The number of aryl methyl sites for hydroxylation is 1. The Morgan fingerprint density at radius 1 is 1.26 bits per heavy atom. The maximum absolute atomic E-state index is 12.3. The van der Waals surface area contributed by atoms with Crippen LogP contribution in [-0.2, 0) is 11.2 Å². The molecule has 118 valence electrons. The third-order valence-electron chi connectivity index (χ3n) is 3.47. The largest absolute Gasteiger partial charge is 0.360 e. The number of H-pyrrole nitrogens is 1. The zero-order chi connectivity index (χ0) is 16.2. The Bertz CT molecular complexity index is 853. The van der Waals surface area contributed by atoms with Crippen molar-refractivity contribution in [3.63, 3.8) is 0 Å². The van der Waals surface area contributed by atoms with Gasteiger partial charge in [0, 0.05) is 23.5 Å². The Balaban J connectivity index is 1.72. The zero-order valence-corrected chi connectivity index (χ0v) is 13.4. The van der Waals surface area contributed by atoms with Crippen LogP contribution >= 0.6 is 11.3 Å². The minimum absolute atomic E-state index is 0.355. The number of unbranched alkanes of at least 4 members (excludes halogenated alkanes) is 1. The van der Waals surface area contributed by atoms with Gasteiger partial charge in [0.1, 0.15) is 5.01 Å². The first-order valence-corrected chi connectivity index (χ1v) is 8.25. The number of nitrogens with zero attached hydrogens (tertiary/aromatic N) is 2. The molecule has 23 heavy (non-hydrogen) atoms. The van der Waals surface area contributed by atoms with Crippen molar-refractivity contribution in [1.82, 2.24) is 15.2 Å². The highest BCUT2D eigenvalue weighted by atomic mass is 32.1. The highest BCUT2D eigenvalue weighted by Gasteiger charge is 2.21. The van der Waals surface area contributed by atoms with Crippen LogP contribution in [0.4, 0.5) is 5.13 Å². The Labute approximate surface area is 136 Å². The number of hydrogen-bond donors (Lipinski definition) is 2. The molecular formula is C16H16N4O2S. The maximum Gasteiger partial charge on any atom is 0.298 e. The number of anilines is 1. The van der Waals surface area contributed by atoms with Crippen LogP contribution in [0.25, 0.3) is 10.9 Å². The van der Waals surface area contributed by atoms with Gasteiger partial charge in [-0.25, -0.2) is 0 Å². The van der Waals surface area contributed by atoms with E-state index in [4.69, 9.17) is 0 Å². The monoisotopic (exact) mass is 328 g/mol. The molecule has 0 atom stereocenters. The molecule has 0 bridgehead atoms. The van der Waals surface area contributed by atoms with Crippen LogP contribution < -0.4 is 5.32 Å². The van der Waals surface area contributed by atoms with Gasteiger partial charge in [-0.2, -0.15) is 0 Å². The molecule has 2 N–H and O–H groups in total. The number of ketones is 1. The number of amides is 1. The lowest BCUT2D eigenvalue weighted by Gasteiger charge is -1.99. The third kappa shape index (κ3) is 3.29. The number of rotatable bonds is 6. The van der Waals surface area contributed by atoms with Crippen LogP contribution in [-0.4, -0.2) is 26.9 Å². The lowest BCUT2D eigenvalue weighted by Crippen LogP contribution is -2.22. The van der Waals surface area contributed by atoms with E-state index in [0.717, 1.165) is 35.2 Å². The summed E-state index contributed by atoms with van der Waals surface area (Å²) >= 11 is 1.31. The molecule has 3 aromatic rings. The lowest BCUT2D eigenvalue weighted by atomic mass is 10.1. The number of benzene rings is 1. The molecule has 1 aromatic carbocycles. The summed E-state index contributed by atoms with van der Waals surface area (Å²) in [4.78, 5) is 27.5. The van der Waals surface area contributed by atoms with E-state index in [0.29, 0.717) is 10.7 Å². The van der Waals surface area contributed by atoms with Crippen molar-refractivity contribution in [2.75, 3.05) is 5.32 Å². The van der Waals surface area contributed by atoms with E-state index in [9.17, 15) is 9.59 Å². The fraction of sp³-hybridized carbons (Fsp3) is 0.250. The first kappa shape index (κ1) is 15.4. The first-order chi connectivity index (χ1) is 11.2. The second-order valence-electron chi connectivity index (χ2n) is 5.14. The van der Waals surface area contributed by atoms with Gasteiger partial charge in [0.05, 0.1) is 5.56 Å². The Hall–Kier alpha value is -2.54. The molecule has 0 fully saturated rings. The molecule has 3 rings (SSSR count). The summed E-state index contributed by atoms with van der Waals surface area (Å²) in [5.41, 5.74) is 1.18. The number of hydrogen-bond acceptors (Lipinski definition) is 5. The highest BCUT2D eigenvalue weighted by molar-refractivity contribution is 7.15. The van der Waals surface area contributed by atoms with Gasteiger partial charge in [-0.1, -0.05) is 42.9 Å². The Morgan fingerprint density at radius 2 is 2.09 bits per heavy atom. The smallest absolute Gasteiger partial charge is 0.298 e. The minimum atomic E-state index is -0.701. The van der Waals surface area contributed by atoms with E-state index in [1.54, 1.807) is 12.3 Å². The predicted octanol–water partition coefficient (Wildman–Crippen LogP) is 3.18. The molecule has 0 radical (unpaired) electrons. The van der Waals surface area contributed by atoms with Gasteiger partial charge in [-0.15, -0.1) is 10.2 Å². The highest BCUT2D eigenvalue weighted by Crippen LogP contribution is 2.20.